The van der Waals surface area contributed by atoms with Gasteiger partial charge in [0.2, 0.25) is 5.91 Å². The highest BCUT2D eigenvalue weighted by atomic mass is 16.4. The summed E-state index contributed by atoms with van der Waals surface area (Å²) >= 11 is 0. The van der Waals surface area contributed by atoms with Gasteiger partial charge < -0.3 is 15.8 Å². The van der Waals surface area contributed by atoms with Gasteiger partial charge in [0.25, 0.3) is 0 Å². The Labute approximate surface area is 112 Å². The third kappa shape index (κ3) is 3.67. The molecule has 0 saturated heterocycles. The molecule has 0 bridgehead atoms. The quantitative estimate of drug-likeness (QED) is 0.357. The van der Waals surface area contributed by atoms with Crippen molar-refractivity contribution < 1.29 is 10.0 Å². The summed E-state index contributed by atoms with van der Waals surface area (Å²) in [5, 5.41) is 11.6. The van der Waals surface area contributed by atoms with Crippen molar-refractivity contribution >= 4 is 11.7 Å². The Morgan fingerprint density at radius 2 is 2.21 bits per heavy atom. The molecule has 0 aromatic carbocycles. The summed E-state index contributed by atoms with van der Waals surface area (Å²) in [6, 6.07) is 5.66. The number of carbonyl (C=O) groups is 1. The summed E-state index contributed by atoms with van der Waals surface area (Å²) in [4.78, 5) is 18.0. The molecule has 3 N–H and O–H groups in total. The van der Waals surface area contributed by atoms with Crippen LogP contribution < -0.4 is 5.73 Å². The van der Waals surface area contributed by atoms with Crippen LogP contribution in [0.15, 0.2) is 29.6 Å². The molecule has 1 rings (SSSR count). The van der Waals surface area contributed by atoms with Gasteiger partial charge in [-0.3, -0.25) is 9.78 Å². The van der Waals surface area contributed by atoms with Crippen LogP contribution in [-0.2, 0) is 11.2 Å². The number of rotatable bonds is 5. The second-order valence-corrected chi connectivity index (χ2v) is 4.91. The Kier molecular flexibility index (Phi) is 4.86. The zero-order chi connectivity index (χ0) is 14.5. The fourth-order valence-electron chi connectivity index (χ4n) is 1.64. The van der Waals surface area contributed by atoms with Gasteiger partial charge in [-0.25, -0.2) is 0 Å². The standard InChI is InChI=1S/C13H20N4O2/c1-13(2,11(14)16-19)12(18)17(3)9-7-10-6-4-5-8-15-10/h4-6,8,19H,7,9H2,1-3H3,(H2,14,16). The van der Waals surface area contributed by atoms with Crippen LogP contribution in [0.25, 0.3) is 0 Å². The van der Waals surface area contributed by atoms with E-state index in [4.69, 9.17) is 10.9 Å². The number of likely N-dealkylation sites (N-methyl/N-ethyl adjacent to an activating group) is 1. The SMILES string of the molecule is CN(CCc1ccccn1)C(=O)C(C)(C)C(N)=NO. The van der Waals surface area contributed by atoms with Gasteiger partial charge in [-0.1, -0.05) is 11.2 Å². The van der Waals surface area contributed by atoms with Gasteiger partial charge in [0.05, 0.1) is 0 Å². The number of hydrogen-bond acceptors (Lipinski definition) is 4. The molecule has 1 amide bonds. The Morgan fingerprint density at radius 1 is 1.53 bits per heavy atom. The second-order valence-electron chi connectivity index (χ2n) is 4.91. The Balaban J connectivity index is 2.63. The first-order valence-corrected chi connectivity index (χ1v) is 6.03. The molecule has 0 spiro atoms. The average molecular weight is 264 g/mol. The molecule has 19 heavy (non-hydrogen) atoms. The lowest BCUT2D eigenvalue weighted by Gasteiger charge is -2.28. The average Bonchev–Trinajstić information content (AvgIpc) is 2.43. The highest BCUT2D eigenvalue weighted by Crippen LogP contribution is 2.18. The predicted molar refractivity (Wildman–Crippen MR) is 72.8 cm³/mol. The van der Waals surface area contributed by atoms with E-state index in [-0.39, 0.29) is 11.7 Å². The zero-order valence-corrected chi connectivity index (χ0v) is 11.5. The molecule has 1 heterocycles. The normalized spacial score (nSPS) is 12.3. The van der Waals surface area contributed by atoms with Gasteiger partial charge in [-0.15, -0.1) is 0 Å². The number of oxime groups is 1. The molecule has 104 valence electrons. The van der Waals surface area contributed by atoms with Crippen molar-refractivity contribution in [2.75, 3.05) is 13.6 Å². The minimum atomic E-state index is -1.02. The third-order valence-corrected chi connectivity index (χ3v) is 3.06. The van der Waals surface area contributed by atoms with E-state index in [1.165, 1.54) is 0 Å². The summed E-state index contributed by atoms with van der Waals surface area (Å²) in [6.07, 6.45) is 2.38. The molecule has 0 radical (unpaired) electrons. The van der Waals surface area contributed by atoms with Crippen molar-refractivity contribution in [1.29, 1.82) is 0 Å². The highest BCUT2D eigenvalue weighted by molar-refractivity contribution is 6.05. The number of nitrogens with zero attached hydrogens (tertiary/aromatic N) is 3. The lowest BCUT2D eigenvalue weighted by atomic mass is 9.90. The number of amides is 1. The van der Waals surface area contributed by atoms with E-state index in [9.17, 15) is 4.79 Å². The second kappa shape index (κ2) is 6.17. The fraction of sp³-hybridized carbons (Fsp3) is 0.462. The molecule has 0 atom stereocenters. The van der Waals surface area contributed by atoms with Gasteiger partial charge in [-0.05, 0) is 26.0 Å². The van der Waals surface area contributed by atoms with Crippen LogP contribution in [0.2, 0.25) is 0 Å². The first-order valence-electron chi connectivity index (χ1n) is 6.03. The highest BCUT2D eigenvalue weighted by Gasteiger charge is 2.35. The molecule has 0 saturated carbocycles. The Bertz CT molecular complexity index is 457. The van der Waals surface area contributed by atoms with E-state index in [0.717, 1.165) is 5.69 Å². The minimum Gasteiger partial charge on any atom is -0.409 e. The van der Waals surface area contributed by atoms with Crippen molar-refractivity contribution in [2.24, 2.45) is 16.3 Å². The number of hydrogen-bond donors (Lipinski definition) is 2. The molecule has 0 aliphatic rings. The van der Waals surface area contributed by atoms with Crippen molar-refractivity contribution in [3.8, 4) is 0 Å². The smallest absolute Gasteiger partial charge is 0.235 e. The van der Waals surface area contributed by atoms with Crippen LogP contribution in [-0.4, -0.2) is 40.4 Å². The van der Waals surface area contributed by atoms with Crippen LogP contribution in [0.1, 0.15) is 19.5 Å². The maximum atomic E-state index is 12.2. The largest absolute Gasteiger partial charge is 0.409 e. The minimum absolute atomic E-state index is 0.0952. The van der Waals surface area contributed by atoms with Gasteiger partial charge in [-0.2, -0.15) is 0 Å². The van der Waals surface area contributed by atoms with Gasteiger partial charge in [0.1, 0.15) is 5.41 Å². The monoisotopic (exact) mass is 264 g/mol. The molecule has 0 aliphatic heterocycles. The number of pyridine rings is 1. The van der Waals surface area contributed by atoms with Crippen LogP contribution in [0, 0.1) is 5.41 Å². The summed E-state index contributed by atoms with van der Waals surface area (Å²) in [5.41, 5.74) is 5.44. The summed E-state index contributed by atoms with van der Waals surface area (Å²) in [6.45, 7) is 3.78. The van der Waals surface area contributed by atoms with Crippen molar-refractivity contribution in [1.82, 2.24) is 9.88 Å². The fourth-order valence-corrected chi connectivity index (χ4v) is 1.64. The molecule has 0 aliphatic carbocycles. The molecule has 0 unspecified atom stereocenters. The third-order valence-electron chi connectivity index (χ3n) is 3.06. The van der Waals surface area contributed by atoms with E-state index in [1.807, 2.05) is 18.2 Å². The van der Waals surface area contributed by atoms with E-state index in [2.05, 4.69) is 10.1 Å². The number of aromatic nitrogens is 1. The number of nitrogens with two attached hydrogens (primary N) is 1. The zero-order valence-electron chi connectivity index (χ0n) is 11.5. The molecule has 6 nitrogen and oxygen atoms in total. The van der Waals surface area contributed by atoms with Crippen LogP contribution in [0.3, 0.4) is 0 Å². The molecular formula is C13H20N4O2. The van der Waals surface area contributed by atoms with Crippen LogP contribution in [0.5, 0.6) is 0 Å². The first kappa shape index (κ1) is 14.9. The maximum absolute atomic E-state index is 12.2. The Morgan fingerprint density at radius 3 is 2.74 bits per heavy atom. The van der Waals surface area contributed by atoms with E-state index < -0.39 is 5.41 Å². The molecule has 1 aromatic heterocycles. The number of amidine groups is 1. The van der Waals surface area contributed by atoms with Crippen LogP contribution in [0.4, 0.5) is 0 Å². The van der Waals surface area contributed by atoms with Crippen molar-refractivity contribution in [3.05, 3.63) is 30.1 Å². The topological polar surface area (TPSA) is 91.8 Å². The van der Waals surface area contributed by atoms with Gasteiger partial charge in [0.15, 0.2) is 5.84 Å². The lowest BCUT2D eigenvalue weighted by Crippen LogP contribution is -2.47. The number of carbonyl (C=O) groups excluding carboxylic acids is 1. The van der Waals surface area contributed by atoms with Crippen molar-refractivity contribution in [3.63, 3.8) is 0 Å². The predicted octanol–water partition coefficient (Wildman–Crippen LogP) is 0.855. The molecule has 1 aromatic rings. The Hall–Kier alpha value is -2.11. The molecular weight excluding hydrogens is 244 g/mol. The van der Waals surface area contributed by atoms with Crippen molar-refractivity contribution in [2.45, 2.75) is 20.3 Å². The van der Waals surface area contributed by atoms with Gasteiger partial charge in [0, 0.05) is 31.9 Å². The van der Waals surface area contributed by atoms with Crippen LogP contribution >= 0.6 is 0 Å². The molecule has 6 heteroatoms. The van der Waals surface area contributed by atoms with E-state index in [1.54, 1.807) is 32.0 Å². The van der Waals surface area contributed by atoms with E-state index in [0.29, 0.717) is 13.0 Å². The summed E-state index contributed by atoms with van der Waals surface area (Å²) in [5.74, 6) is -0.291. The van der Waals surface area contributed by atoms with E-state index >= 15 is 0 Å². The first-order chi connectivity index (χ1) is 8.89. The lowest BCUT2D eigenvalue weighted by molar-refractivity contribution is -0.135. The summed E-state index contributed by atoms with van der Waals surface area (Å²) < 4.78 is 0. The van der Waals surface area contributed by atoms with Gasteiger partial charge >= 0.3 is 0 Å². The maximum Gasteiger partial charge on any atom is 0.235 e. The summed E-state index contributed by atoms with van der Waals surface area (Å²) in [7, 11) is 1.69. The molecule has 0 fully saturated rings.